The van der Waals surface area contributed by atoms with E-state index >= 15 is 0 Å². The predicted octanol–water partition coefficient (Wildman–Crippen LogP) is 5.04. The second-order valence-electron chi connectivity index (χ2n) is 8.07. The number of carboxylic acids is 1. The Morgan fingerprint density at radius 1 is 1.21 bits per heavy atom. The molecule has 0 aliphatic carbocycles. The molecule has 3 rings (SSSR count). The third kappa shape index (κ3) is 5.36. The number of fused-ring (bicyclic) bond motifs is 1. The Hall–Kier alpha value is -3.46. The molecular formula is C25H25FO7S. The number of halogens is 1. The Kier molecular flexibility index (Phi) is 7.56. The van der Waals surface area contributed by atoms with Gasteiger partial charge in [0.05, 0.1) is 6.33 Å². The lowest BCUT2D eigenvalue weighted by Crippen LogP contribution is -2.15. The topological polar surface area (TPSA) is 107 Å². The number of rotatable bonds is 9. The van der Waals surface area contributed by atoms with Crippen LogP contribution in [0.2, 0.25) is 0 Å². The number of carbonyl (C=O) groups excluding carboxylic acids is 1. The Morgan fingerprint density at radius 3 is 2.50 bits per heavy atom. The van der Waals surface area contributed by atoms with Gasteiger partial charge >= 0.3 is 22.1 Å². The van der Waals surface area contributed by atoms with Gasteiger partial charge in [0, 0.05) is 17.5 Å². The van der Waals surface area contributed by atoms with Crippen molar-refractivity contribution in [3.05, 3.63) is 75.6 Å². The van der Waals surface area contributed by atoms with E-state index in [1.165, 1.54) is 18.2 Å². The van der Waals surface area contributed by atoms with E-state index in [9.17, 15) is 22.4 Å². The molecular weight excluding hydrogens is 463 g/mol. The highest BCUT2D eigenvalue weighted by Crippen LogP contribution is 2.41. The average Bonchev–Trinajstić information content (AvgIpc) is 3.17. The van der Waals surface area contributed by atoms with Crippen molar-refractivity contribution in [1.29, 1.82) is 0 Å². The summed E-state index contributed by atoms with van der Waals surface area (Å²) in [5.41, 5.74) is 3.26. The first-order valence-corrected chi connectivity index (χ1v) is 12.0. The number of aliphatic carboxylic acids is 1. The molecule has 1 N–H and O–H groups in total. The SMILES string of the molecule is CC(=CCc1c(C=CF)c(C)c2c(c1OS(=O)(=O)c1ccc(C)cc1)C(=O)OC2)CCC(=O)O. The molecule has 180 valence electrons. The Labute approximate surface area is 197 Å². The van der Waals surface area contributed by atoms with Crippen LogP contribution in [0.3, 0.4) is 0 Å². The van der Waals surface area contributed by atoms with E-state index in [-0.39, 0.29) is 47.6 Å². The summed E-state index contributed by atoms with van der Waals surface area (Å²) in [7, 11) is -4.33. The van der Waals surface area contributed by atoms with Crippen LogP contribution in [0.1, 0.15) is 57.9 Å². The van der Waals surface area contributed by atoms with E-state index in [2.05, 4.69) is 0 Å². The molecule has 34 heavy (non-hydrogen) atoms. The molecule has 0 bridgehead atoms. The number of carboxylic acid groups (broad SMARTS) is 1. The fourth-order valence-corrected chi connectivity index (χ4v) is 4.69. The van der Waals surface area contributed by atoms with Gasteiger partial charge < -0.3 is 14.0 Å². The monoisotopic (exact) mass is 488 g/mol. The van der Waals surface area contributed by atoms with Gasteiger partial charge in [0.15, 0.2) is 5.75 Å². The van der Waals surface area contributed by atoms with E-state index in [0.717, 1.165) is 11.1 Å². The summed E-state index contributed by atoms with van der Waals surface area (Å²) in [6.45, 7) is 5.17. The number of cyclic esters (lactones) is 1. The average molecular weight is 489 g/mol. The minimum absolute atomic E-state index is 0.00390. The lowest BCUT2D eigenvalue weighted by molar-refractivity contribution is -0.136. The van der Waals surface area contributed by atoms with E-state index < -0.39 is 22.1 Å². The van der Waals surface area contributed by atoms with Crippen LogP contribution in [0.5, 0.6) is 5.75 Å². The van der Waals surface area contributed by atoms with Crippen LogP contribution in [0.15, 0.2) is 47.1 Å². The maximum absolute atomic E-state index is 13.3. The molecule has 1 heterocycles. The number of esters is 1. The number of hydrogen-bond acceptors (Lipinski definition) is 6. The van der Waals surface area contributed by atoms with E-state index in [1.807, 2.05) is 6.92 Å². The highest BCUT2D eigenvalue weighted by atomic mass is 32.2. The van der Waals surface area contributed by atoms with Crippen molar-refractivity contribution in [3.63, 3.8) is 0 Å². The molecule has 0 amide bonds. The quantitative estimate of drug-likeness (QED) is 0.299. The minimum Gasteiger partial charge on any atom is -0.481 e. The predicted molar refractivity (Wildman–Crippen MR) is 124 cm³/mol. The molecule has 2 aromatic carbocycles. The molecule has 0 saturated heterocycles. The number of hydrogen-bond donors (Lipinski definition) is 1. The number of aryl methyl sites for hydroxylation is 1. The lowest BCUT2D eigenvalue weighted by Gasteiger charge is -2.18. The zero-order valence-electron chi connectivity index (χ0n) is 19.1. The van der Waals surface area contributed by atoms with Gasteiger partial charge in [-0.3, -0.25) is 4.79 Å². The number of ether oxygens (including phenoxy) is 1. The van der Waals surface area contributed by atoms with Gasteiger partial charge in [-0.1, -0.05) is 29.3 Å². The van der Waals surface area contributed by atoms with Crippen molar-refractivity contribution < 1.29 is 36.4 Å². The highest BCUT2D eigenvalue weighted by molar-refractivity contribution is 7.87. The first-order chi connectivity index (χ1) is 16.0. The smallest absolute Gasteiger partial charge is 0.342 e. The van der Waals surface area contributed by atoms with Gasteiger partial charge in [-0.05, 0) is 62.9 Å². The van der Waals surface area contributed by atoms with Gasteiger partial charge in [-0.2, -0.15) is 8.42 Å². The molecule has 7 nitrogen and oxygen atoms in total. The van der Waals surface area contributed by atoms with Crippen molar-refractivity contribution in [3.8, 4) is 5.75 Å². The summed E-state index contributed by atoms with van der Waals surface area (Å²) in [6, 6.07) is 6.04. The van der Waals surface area contributed by atoms with Crippen LogP contribution in [0.25, 0.3) is 6.08 Å². The fraction of sp³-hybridized carbons (Fsp3) is 0.280. The van der Waals surface area contributed by atoms with Crippen LogP contribution in [0.4, 0.5) is 4.39 Å². The number of carbonyl (C=O) groups is 2. The van der Waals surface area contributed by atoms with E-state index in [4.69, 9.17) is 14.0 Å². The van der Waals surface area contributed by atoms with Gasteiger partial charge in [0.25, 0.3) is 0 Å². The Morgan fingerprint density at radius 2 is 1.88 bits per heavy atom. The van der Waals surface area contributed by atoms with Crippen molar-refractivity contribution in [2.24, 2.45) is 0 Å². The molecule has 1 aliphatic rings. The van der Waals surface area contributed by atoms with Gasteiger partial charge in [0.1, 0.15) is 17.1 Å². The first kappa shape index (κ1) is 25.2. The summed E-state index contributed by atoms with van der Waals surface area (Å²) in [4.78, 5) is 23.4. The maximum Gasteiger partial charge on any atom is 0.342 e. The molecule has 0 atom stereocenters. The summed E-state index contributed by atoms with van der Waals surface area (Å²) in [5, 5.41) is 8.91. The molecule has 9 heteroatoms. The van der Waals surface area contributed by atoms with Crippen molar-refractivity contribution >= 4 is 28.1 Å². The van der Waals surface area contributed by atoms with Crippen molar-refractivity contribution in [1.82, 2.24) is 0 Å². The second-order valence-corrected chi connectivity index (χ2v) is 9.61. The van der Waals surface area contributed by atoms with Gasteiger partial charge in [0.2, 0.25) is 0 Å². The summed E-state index contributed by atoms with van der Waals surface area (Å²) >= 11 is 0. The maximum atomic E-state index is 13.3. The van der Waals surface area contributed by atoms with Crippen LogP contribution in [-0.2, 0) is 32.7 Å². The summed E-state index contributed by atoms with van der Waals surface area (Å²) in [5.74, 6) is -1.88. The van der Waals surface area contributed by atoms with Gasteiger partial charge in [-0.15, -0.1) is 0 Å². The molecule has 0 fully saturated rings. The molecule has 0 unspecified atom stereocenters. The van der Waals surface area contributed by atoms with Crippen LogP contribution < -0.4 is 4.18 Å². The molecule has 1 aliphatic heterocycles. The van der Waals surface area contributed by atoms with E-state index in [1.54, 1.807) is 32.1 Å². The van der Waals surface area contributed by atoms with Gasteiger partial charge in [-0.25, -0.2) is 9.18 Å². The van der Waals surface area contributed by atoms with Crippen molar-refractivity contribution in [2.45, 2.75) is 51.5 Å². The Balaban J connectivity index is 2.18. The highest BCUT2D eigenvalue weighted by Gasteiger charge is 2.34. The zero-order chi connectivity index (χ0) is 25.0. The number of benzene rings is 2. The molecule has 0 aromatic heterocycles. The minimum atomic E-state index is -4.33. The van der Waals surface area contributed by atoms with Crippen LogP contribution >= 0.6 is 0 Å². The van der Waals surface area contributed by atoms with Crippen LogP contribution in [0, 0.1) is 13.8 Å². The third-order valence-corrected chi connectivity index (χ3v) is 6.89. The standard InChI is InChI=1S/C25H25FO7S/c1-15-4-8-18(9-5-15)34(30,31)33-24-20(10-6-16(2)7-11-22(27)28)19(12-13-26)17(3)21-14-32-25(29)23(21)24/h4-6,8-9,12-13H,7,10-11,14H2,1-3H3,(H,27,28). The second kappa shape index (κ2) is 10.2. The fourth-order valence-electron chi connectivity index (χ4n) is 3.72. The molecule has 0 saturated carbocycles. The molecule has 0 spiro atoms. The number of allylic oxidation sites excluding steroid dienone is 2. The molecule has 0 radical (unpaired) electrons. The Bertz CT molecular complexity index is 1290. The van der Waals surface area contributed by atoms with Crippen LogP contribution in [-0.4, -0.2) is 25.5 Å². The first-order valence-electron chi connectivity index (χ1n) is 10.6. The summed E-state index contributed by atoms with van der Waals surface area (Å²) in [6.07, 6.45) is 3.53. The van der Waals surface area contributed by atoms with Crippen molar-refractivity contribution in [2.75, 3.05) is 0 Å². The van der Waals surface area contributed by atoms with E-state index in [0.29, 0.717) is 23.0 Å². The lowest BCUT2D eigenvalue weighted by atomic mass is 9.90. The molecule has 2 aromatic rings. The summed E-state index contributed by atoms with van der Waals surface area (Å²) < 4.78 is 50.2. The largest absolute Gasteiger partial charge is 0.481 e. The zero-order valence-corrected chi connectivity index (χ0v) is 19.9. The third-order valence-electron chi connectivity index (χ3n) is 5.66. The normalized spacial score (nSPS) is 13.8.